The molecule has 0 fully saturated rings. The Balaban J connectivity index is 1.81. The molecule has 1 aliphatic heterocycles. The summed E-state index contributed by atoms with van der Waals surface area (Å²) in [7, 11) is -4.00. The molecule has 8 nitrogen and oxygen atoms in total. The molecule has 0 amide bonds. The van der Waals surface area contributed by atoms with E-state index in [9.17, 15) is 18.5 Å². The molecule has 33 heavy (non-hydrogen) atoms. The van der Waals surface area contributed by atoms with E-state index in [-0.39, 0.29) is 17.3 Å². The summed E-state index contributed by atoms with van der Waals surface area (Å²) >= 11 is 3.44. The monoisotopic (exact) mass is 529 g/mol. The third-order valence-corrected chi connectivity index (χ3v) is 7.63. The smallest absolute Gasteiger partial charge is 0.434 e. The van der Waals surface area contributed by atoms with Gasteiger partial charge in [-0.3, -0.25) is 4.31 Å². The summed E-state index contributed by atoms with van der Waals surface area (Å²) < 4.78 is 41.4. The Bertz CT molecular complexity index is 1360. The number of nitrogens with zero attached hydrogens (tertiary/aromatic N) is 3. The van der Waals surface area contributed by atoms with Crippen LogP contribution in [0.25, 0.3) is 5.69 Å². The molecule has 0 spiro atoms. The van der Waals surface area contributed by atoms with Gasteiger partial charge in [0.05, 0.1) is 28.9 Å². The van der Waals surface area contributed by atoms with Crippen LogP contribution in [-0.4, -0.2) is 25.7 Å². The van der Waals surface area contributed by atoms with E-state index in [0.717, 1.165) is 5.69 Å². The molecule has 0 N–H and O–H groups in total. The number of anilines is 1. The number of hydrogen-bond acceptors (Lipinski definition) is 6. The number of ether oxygens (including phenoxy) is 2. The van der Waals surface area contributed by atoms with Gasteiger partial charge in [0.25, 0.3) is 10.0 Å². The molecule has 0 saturated heterocycles. The molecule has 0 radical (unpaired) electrons. The van der Waals surface area contributed by atoms with Gasteiger partial charge in [0.1, 0.15) is 17.5 Å². The molecule has 2 heterocycles. The van der Waals surface area contributed by atoms with Crippen LogP contribution >= 0.6 is 15.9 Å². The third-order valence-electron chi connectivity index (χ3n) is 5.30. The van der Waals surface area contributed by atoms with Gasteiger partial charge in [-0.05, 0) is 67.9 Å². The number of nitriles is 1. The molecule has 0 bridgehead atoms. The van der Waals surface area contributed by atoms with Crippen molar-refractivity contribution in [2.75, 3.05) is 10.9 Å². The van der Waals surface area contributed by atoms with Crippen LogP contribution in [0.1, 0.15) is 37.7 Å². The summed E-state index contributed by atoms with van der Waals surface area (Å²) in [6.45, 7) is 3.73. The number of fused-ring (bicyclic) bond motifs is 3. The molecule has 0 aliphatic carbocycles. The van der Waals surface area contributed by atoms with Gasteiger partial charge in [-0.2, -0.15) is 5.26 Å². The molecule has 170 valence electrons. The summed E-state index contributed by atoms with van der Waals surface area (Å²) in [6.07, 6.45) is -0.368. The van der Waals surface area contributed by atoms with E-state index in [1.807, 2.05) is 13.0 Å². The zero-order chi connectivity index (χ0) is 23.8. The van der Waals surface area contributed by atoms with Crippen molar-refractivity contribution in [3.8, 4) is 17.5 Å². The Morgan fingerprint density at radius 1 is 1.09 bits per heavy atom. The lowest BCUT2D eigenvalue weighted by molar-refractivity contribution is 0.104. The number of carbonyl (C=O) groups is 1. The number of hydrogen-bond donors (Lipinski definition) is 0. The fourth-order valence-electron chi connectivity index (χ4n) is 3.93. The molecule has 0 unspecified atom stereocenters. The minimum absolute atomic E-state index is 0.0450. The maximum atomic E-state index is 13.9. The highest BCUT2D eigenvalue weighted by Gasteiger charge is 2.39. The van der Waals surface area contributed by atoms with E-state index in [1.54, 1.807) is 35.8 Å². The van der Waals surface area contributed by atoms with E-state index < -0.39 is 22.2 Å². The largest absolute Gasteiger partial charge is 0.513 e. The highest BCUT2D eigenvalue weighted by Crippen LogP contribution is 2.45. The molecule has 4 rings (SSSR count). The second-order valence-corrected chi connectivity index (χ2v) is 9.94. The van der Waals surface area contributed by atoms with Gasteiger partial charge in [0, 0.05) is 10.2 Å². The number of halogens is 1. The number of rotatable bonds is 5. The van der Waals surface area contributed by atoms with Crippen LogP contribution < -0.4 is 9.04 Å². The van der Waals surface area contributed by atoms with Gasteiger partial charge in [-0.25, -0.2) is 13.2 Å². The zero-order valence-corrected chi connectivity index (χ0v) is 20.3. The fourth-order valence-corrected chi connectivity index (χ4v) is 5.98. The number of aromatic nitrogens is 1. The normalized spacial score (nSPS) is 14.7. The second kappa shape index (κ2) is 8.92. The highest BCUT2D eigenvalue weighted by atomic mass is 79.9. The van der Waals surface area contributed by atoms with E-state index >= 15 is 0 Å². The average molecular weight is 530 g/mol. The van der Waals surface area contributed by atoms with Gasteiger partial charge in [0.2, 0.25) is 0 Å². The van der Waals surface area contributed by atoms with Crippen molar-refractivity contribution in [2.45, 2.75) is 31.2 Å². The maximum Gasteiger partial charge on any atom is 0.513 e. The predicted octanol–water partition coefficient (Wildman–Crippen LogP) is 5.31. The molecule has 0 saturated carbocycles. The third kappa shape index (κ3) is 3.98. The van der Waals surface area contributed by atoms with Gasteiger partial charge < -0.3 is 14.0 Å². The van der Waals surface area contributed by atoms with Crippen LogP contribution in [0.4, 0.5) is 10.5 Å². The van der Waals surface area contributed by atoms with Crippen LogP contribution in [-0.2, 0) is 14.8 Å². The first kappa shape index (κ1) is 22.9. The molecule has 3 aromatic rings. The van der Waals surface area contributed by atoms with E-state index in [0.29, 0.717) is 28.0 Å². The SMILES string of the molecule is CCOC(=O)Oc1ccc(S(=O)(=O)N2c3cc(Br)ccc3-n3c(C#N)ccc3[C@@H]2CC)cc1. The van der Waals surface area contributed by atoms with Gasteiger partial charge in [-0.15, -0.1) is 0 Å². The molecule has 10 heteroatoms. The predicted molar refractivity (Wildman–Crippen MR) is 125 cm³/mol. The van der Waals surface area contributed by atoms with Crippen molar-refractivity contribution in [2.24, 2.45) is 0 Å². The van der Waals surface area contributed by atoms with Gasteiger partial charge in [-0.1, -0.05) is 22.9 Å². The van der Waals surface area contributed by atoms with Crippen molar-refractivity contribution in [1.29, 1.82) is 5.26 Å². The Morgan fingerprint density at radius 3 is 2.45 bits per heavy atom. The summed E-state index contributed by atoms with van der Waals surface area (Å²) in [5, 5.41) is 9.59. The quantitative estimate of drug-likeness (QED) is 0.328. The van der Waals surface area contributed by atoms with E-state index in [4.69, 9.17) is 9.47 Å². The van der Waals surface area contributed by atoms with Crippen molar-refractivity contribution in [1.82, 2.24) is 4.57 Å². The first-order valence-electron chi connectivity index (χ1n) is 10.2. The van der Waals surface area contributed by atoms with Crippen molar-refractivity contribution in [3.05, 3.63) is 70.5 Å². The summed E-state index contributed by atoms with van der Waals surface area (Å²) in [4.78, 5) is 11.6. The Hall–Kier alpha value is -3.29. The van der Waals surface area contributed by atoms with Crippen LogP contribution in [0.2, 0.25) is 0 Å². The Labute approximate surface area is 200 Å². The molecular weight excluding hydrogens is 510 g/mol. The summed E-state index contributed by atoms with van der Waals surface area (Å²) in [6, 6.07) is 16.1. The Morgan fingerprint density at radius 2 is 1.82 bits per heavy atom. The summed E-state index contributed by atoms with van der Waals surface area (Å²) in [5.74, 6) is 0.175. The van der Waals surface area contributed by atoms with Crippen LogP contribution in [0, 0.1) is 11.3 Å². The van der Waals surface area contributed by atoms with Crippen molar-refractivity contribution < 1.29 is 22.7 Å². The first-order valence-corrected chi connectivity index (χ1v) is 12.5. The van der Waals surface area contributed by atoms with E-state index in [1.165, 1.54) is 28.6 Å². The minimum atomic E-state index is -4.00. The highest BCUT2D eigenvalue weighted by molar-refractivity contribution is 9.10. The molecule has 1 aliphatic rings. The van der Waals surface area contributed by atoms with Crippen molar-refractivity contribution >= 4 is 37.8 Å². The lowest BCUT2D eigenvalue weighted by Gasteiger charge is -2.38. The number of carbonyl (C=O) groups excluding carboxylic acids is 1. The van der Waals surface area contributed by atoms with Gasteiger partial charge >= 0.3 is 6.16 Å². The Kier molecular flexibility index (Phi) is 6.19. The molecule has 1 atom stereocenters. The van der Waals surface area contributed by atoms with Crippen molar-refractivity contribution in [3.63, 3.8) is 0 Å². The minimum Gasteiger partial charge on any atom is -0.434 e. The van der Waals surface area contributed by atoms with Crippen LogP contribution in [0.3, 0.4) is 0 Å². The zero-order valence-electron chi connectivity index (χ0n) is 17.9. The standard InChI is InChI=1S/C23H20BrN3O5S/c1-3-19-20-12-6-16(14-25)26(20)21-11-5-15(24)13-22(21)27(19)33(29,30)18-9-7-17(8-10-18)32-23(28)31-4-2/h5-13,19H,3-4H2,1-2H3/t19-/m0/s1. The second-order valence-electron chi connectivity index (χ2n) is 7.21. The number of sulfonamides is 1. The van der Waals surface area contributed by atoms with Crippen LogP contribution in [0.5, 0.6) is 5.75 Å². The van der Waals surface area contributed by atoms with E-state index in [2.05, 4.69) is 22.0 Å². The maximum absolute atomic E-state index is 13.9. The topological polar surface area (TPSA) is 102 Å². The lowest BCUT2D eigenvalue weighted by atomic mass is 10.1. The number of benzene rings is 2. The average Bonchev–Trinajstić information content (AvgIpc) is 3.22. The van der Waals surface area contributed by atoms with Crippen LogP contribution in [0.15, 0.2) is 64.0 Å². The van der Waals surface area contributed by atoms with Gasteiger partial charge in [0.15, 0.2) is 0 Å². The summed E-state index contributed by atoms with van der Waals surface area (Å²) in [5.41, 5.74) is 2.22. The lowest BCUT2D eigenvalue weighted by Crippen LogP contribution is -2.39. The first-order chi connectivity index (χ1) is 15.8. The molecular formula is C23H20BrN3O5S. The molecule has 1 aromatic heterocycles. The fraction of sp³-hybridized carbons (Fsp3) is 0.217. The molecule has 2 aromatic carbocycles.